The van der Waals surface area contributed by atoms with Crippen LogP contribution in [0.2, 0.25) is 0 Å². The standard InChI is InChI=1S/C12H15IN2O3/c1-2-4-10(11(16)17)15-12(18)14-9-6-3-5-8(13)7-9/h3,5-7,10H,2,4H2,1H3,(H,16,17)(H2,14,15,18)/t10-/m0/s1. The molecule has 3 N–H and O–H groups in total. The highest BCUT2D eigenvalue weighted by Gasteiger charge is 2.18. The van der Waals surface area contributed by atoms with Crippen LogP contribution < -0.4 is 10.6 Å². The van der Waals surface area contributed by atoms with E-state index in [0.717, 1.165) is 3.57 Å². The fraction of sp³-hybridized carbons (Fsp3) is 0.333. The summed E-state index contributed by atoms with van der Waals surface area (Å²) in [6.07, 6.45) is 1.11. The van der Waals surface area contributed by atoms with Crippen molar-refractivity contribution in [1.82, 2.24) is 5.32 Å². The van der Waals surface area contributed by atoms with E-state index in [2.05, 4.69) is 33.2 Å². The van der Waals surface area contributed by atoms with E-state index in [1.807, 2.05) is 19.1 Å². The molecule has 1 atom stereocenters. The molecule has 2 amide bonds. The largest absolute Gasteiger partial charge is 0.480 e. The molecular weight excluding hydrogens is 347 g/mol. The average Bonchev–Trinajstić information content (AvgIpc) is 2.28. The molecule has 18 heavy (non-hydrogen) atoms. The van der Waals surface area contributed by atoms with Crippen LogP contribution in [0, 0.1) is 3.57 Å². The maximum Gasteiger partial charge on any atom is 0.326 e. The fourth-order valence-corrected chi connectivity index (χ4v) is 1.98. The third-order valence-corrected chi connectivity index (χ3v) is 2.93. The Morgan fingerprint density at radius 2 is 2.17 bits per heavy atom. The highest BCUT2D eigenvalue weighted by atomic mass is 127. The van der Waals surface area contributed by atoms with Crippen molar-refractivity contribution in [3.05, 3.63) is 27.8 Å². The van der Waals surface area contributed by atoms with Gasteiger partial charge in [-0.05, 0) is 47.2 Å². The van der Waals surface area contributed by atoms with Crippen molar-refractivity contribution in [1.29, 1.82) is 0 Å². The molecule has 0 aliphatic carbocycles. The highest BCUT2D eigenvalue weighted by Crippen LogP contribution is 2.12. The lowest BCUT2D eigenvalue weighted by Crippen LogP contribution is -2.42. The summed E-state index contributed by atoms with van der Waals surface area (Å²) in [5.41, 5.74) is 0.639. The molecule has 0 bridgehead atoms. The van der Waals surface area contributed by atoms with E-state index in [1.54, 1.807) is 12.1 Å². The summed E-state index contributed by atoms with van der Waals surface area (Å²) in [4.78, 5) is 22.5. The number of aliphatic carboxylic acids is 1. The van der Waals surface area contributed by atoms with Gasteiger partial charge in [0.15, 0.2) is 0 Å². The van der Waals surface area contributed by atoms with Crippen LogP contribution in [0.25, 0.3) is 0 Å². The lowest BCUT2D eigenvalue weighted by Gasteiger charge is -2.14. The molecule has 0 radical (unpaired) electrons. The minimum absolute atomic E-state index is 0.412. The number of halogens is 1. The van der Waals surface area contributed by atoms with E-state index in [0.29, 0.717) is 18.5 Å². The van der Waals surface area contributed by atoms with Gasteiger partial charge < -0.3 is 15.7 Å². The fourth-order valence-electron chi connectivity index (χ4n) is 1.44. The number of carbonyl (C=O) groups excluding carboxylic acids is 1. The number of amides is 2. The predicted octanol–water partition coefficient (Wildman–Crippen LogP) is 2.67. The number of carboxylic acid groups (broad SMARTS) is 1. The van der Waals surface area contributed by atoms with Gasteiger partial charge in [0, 0.05) is 9.26 Å². The molecule has 0 spiro atoms. The summed E-state index contributed by atoms with van der Waals surface area (Å²) < 4.78 is 0.994. The number of carbonyl (C=O) groups is 2. The van der Waals surface area contributed by atoms with Gasteiger partial charge in [-0.3, -0.25) is 0 Å². The quantitative estimate of drug-likeness (QED) is 0.705. The summed E-state index contributed by atoms with van der Waals surface area (Å²) in [6.45, 7) is 1.87. The second-order valence-electron chi connectivity index (χ2n) is 3.79. The van der Waals surface area contributed by atoms with E-state index in [-0.39, 0.29) is 0 Å². The first kappa shape index (κ1) is 14.7. The van der Waals surface area contributed by atoms with Crippen LogP contribution in [-0.4, -0.2) is 23.1 Å². The first-order chi connectivity index (χ1) is 8.52. The second-order valence-corrected chi connectivity index (χ2v) is 5.03. The van der Waals surface area contributed by atoms with Crippen LogP contribution in [0.15, 0.2) is 24.3 Å². The van der Waals surface area contributed by atoms with Gasteiger partial charge in [0.2, 0.25) is 0 Å². The molecule has 1 aromatic carbocycles. The molecule has 0 heterocycles. The third-order valence-electron chi connectivity index (χ3n) is 2.26. The normalized spacial score (nSPS) is 11.7. The molecule has 98 valence electrons. The Bertz CT molecular complexity index is 437. The Labute approximate surface area is 119 Å². The minimum Gasteiger partial charge on any atom is -0.480 e. The Kier molecular flexibility index (Phi) is 5.90. The van der Waals surface area contributed by atoms with Crippen LogP contribution in [-0.2, 0) is 4.79 Å². The molecule has 0 unspecified atom stereocenters. The molecule has 0 aliphatic heterocycles. The number of carboxylic acids is 1. The smallest absolute Gasteiger partial charge is 0.326 e. The molecular formula is C12H15IN2O3. The Balaban J connectivity index is 2.57. The highest BCUT2D eigenvalue weighted by molar-refractivity contribution is 14.1. The number of hydrogen-bond acceptors (Lipinski definition) is 2. The third kappa shape index (κ3) is 4.91. The van der Waals surface area contributed by atoms with E-state index in [9.17, 15) is 9.59 Å². The van der Waals surface area contributed by atoms with Crippen molar-refractivity contribution >= 4 is 40.3 Å². The van der Waals surface area contributed by atoms with Gasteiger partial charge >= 0.3 is 12.0 Å². The lowest BCUT2D eigenvalue weighted by atomic mass is 10.2. The van der Waals surface area contributed by atoms with Gasteiger partial charge in [0.25, 0.3) is 0 Å². The summed E-state index contributed by atoms with van der Waals surface area (Å²) in [7, 11) is 0. The van der Waals surface area contributed by atoms with Crippen molar-refractivity contribution in [2.45, 2.75) is 25.8 Å². The number of benzene rings is 1. The zero-order valence-electron chi connectivity index (χ0n) is 9.94. The Morgan fingerprint density at radius 1 is 1.44 bits per heavy atom. The Hall–Kier alpha value is -1.31. The van der Waals surface area contributed by atoms with Gasteiger partial charge in [-0.25, -0.2) is 9.59 Å². The first-order valence-electron chi connectivity index (χ1n) is 5.58. The zero-order chi connectivity index (χ0) is 13.5. The van der Waals surface area contributed by atoms with Crippen LogP contribution in [0.3, 0.4) is 0 Å². The number of hydrogen-bond donors (Lipinski definition) is 3. The molecule has 0 saturated carbocycles. The molecule has 1 aromatic rings. The molecule has 0 fully saturated rings. The second kappa shape index (κ2) is 7.20. The maximum absolute atomic E-state index is 11.6. The van der Waals surface area contributed by atoms with Crippen molar-refractivity contribution in [3.63, 3.8) is 0 Å². The molecule has 0 aromatic heterocycles. The molecule has 6 heteroatoms. The van der Waals surface area contributed by atoms with Gasteiger partial charge in [-0.15, -0.1) is 0 Å². The molecule has 5 nitrogen and oxygen atoms in total. The SMILES string of the molecule is CCC[C@H](NC(=O)Nc1cccc(I)c1)C(=O)O. The topological polar surface area (TPSA) is 78.4 Å². The monoisotopic (exact) mass is 362 g/mol. The number of urea groups is 1. The number of nitrogens with one attached hydrogen (secondary N) is 2. The lowest BCUT2D eigenvalue weighted by molar-refractivity contribution is -0.139. The van der Waals surface area contributed by atoms with Gasteiger partial charge in [-0.2, -0.15) is 0 Å². The number of anilines is 1. The van der Waals surface area contributed by atoms with E-state index in [1.165, 1.54) is 0 Å². The van der Waals surface area contributed by atoms with E-state index < -0.39 is 18.0 Å². The van der Waals surface area contributed by atoms with Gasteiger partial charge in [-0.1, -0.05) is 19.4 Å². The van der Waals surface area contributed by atoms with Crippen molar-refractivity contribution < 1.29 is 14.7 Å². The summed E-state index contributed by atoms with van der Waals surface area (Å²) >= 11 is 2.14. The van der Waals surface area contributed by atoms with Crippen LogP contribution >= 0.6 is 22.6 Å². The molecule has 1 rings (SSSR count). The molecule has 0 saturated heterocycles. The van der Waals surface area contributed by atoms with Crippen LogP contribution in [0.1, 0.15) is 19.8 Å². The summed E-state index contributed by atoms with van der Waals surface area (Å²) in [5, 5.41) is 14.0. The van der Waals surface area contributed by atoms with Crippen LogP contribution in [0.4, 0.5) is 10.5 Å². The van der Waals surface area contributed by atoms with E-state index >= 15 is 0 Å². The van der Waals surface area contributed by atoms with Crippen molar-refractivity contribution in [2.24, 2.45) is 0 Å². The molecule has 0 aliphatic rings. The minimum atomic E-state index is -1.02. The average molecular weight is 362 g/mol. The Morgan fingerprint density at radius 3 is 2.72 bits per heavy atom. The van der Waals surface area contributed by atoms with E-state index in [4.69, 9.17) is 5.11 Å². The van der Waals surface area contributed by atoms with Crippen LogP contribution in [0.5, 0.6) is 0 Å². The predicted molar refractivity (Wildman–Crippen MR) is 77.6 cm³/mol. The summed E-state index contributed by atoms with van der Waals surface area (Å²) in [6, 6.07) is 5.92. The first-order valence-corrected chi connectivity index (χ1v) is 6.66. The van der Waals surface area contributed by atoms with Crippen molar-refractivity contribution in [3.8, 4) is 0 Å². The number of rotatable bonds is 5. The maximum atomic E-state index is 11.6. The summed E-state index contributed by atoms with van der Waals surface area (Å²) in [5.74, 6) is -1.02. The van der Waals surface area contributed by atoms with Gasteiger partial charge in [0.1, 0.15) is 6.04 Å². The van der Waals surface area contributed by atoms with Gasteiger partial charge in [0.05, 0.1) is 0 Å². The van der Waals surface area contributed by atoms with Crippen molar-refractivity contribution in [2.75, 3.05) is 5.32 Å². The zero-order valence-corrected chi connectivity index (χ0v) is 12.1.